The quantitative estimate of drug-likeness (QED) is 0.475. The highest BCUT2D eigenvalue weighted by atomic mass is 16.5. The lowest BCUT2D eigenvalue weighted by atomic mass is 10.1. The molecule has 0 saturated heterocycles. The second-order valence-electron chi connectivity index (χ2n) is 7.05. The van der Waals surface area contributed by atoms with E-state index < -0.39 is 0 Å². The van der Waals surface area contributed by atoms with Gasteiger partial charge in [-0.05, 0) is 18.2 Å². The number of fused-ring (bicyclic) bond motifs is 1. The van der Waals surface area contributed by atoms with E-state index in [4.69, 9.17) is 4.52 Å². The molecular weight excluding hydrogens is 392 g/mol. The fraction of sp³-hybridized carbons (Fsp3) is 0.0870. The van der Waals surface area contributed by atoms with Gasteiger partial charge in [0.2, 0.25) is 0 Å². The molecule has 0 aliphatic carbocycles. The SMILES string of the molecule is Cn1cc(-c2nccnc2CNC(=O)c2ccc3noc(-c4ccccc4)c3c2)cn1. The van der Waals surface area contributed by atoms with Crippen molar-refractivity contribution in [1.82, 2.24) is 30.2 Å². The summed E-state index contributed by atoms with van der Waals surface area (Å²) < 4.78 is 7.22. The number of benzene rings is 2. The van der Waals surface area contributed by atoms with Gasteiger partial charge in [0, 0.05) is 42.3 Å². The van der Waals surface area contributed by atoms with Crippen molar-refractivity contribution in [2.24, 2.45) is 7.05 Å². The van der Waals surface area contributed by atoms with Crippen LogP contribution in [0, 0.1) is 0 Å². The maximum Gasteiger partial charge on any atom is 0.251 e. The van der Waals surface area contributed by atoms with Crippen LogP contribution in [-0.4, -0.2) is 30.8 Å². The van der Waals surface area contributed by atoms with E-state index in [0.717, 1.165) is 16.5 Å². The minimum atomic E-state index is -0.218. The molecule has 2 aromatic carbocycles. The molecule has 152 valence electrons. The number of hydrogen-bond donors (Lipinski definition) is 1. The van der Waals surface area contributed by atoms with Crippen molar-refractivity contribution >= 4 is 16.8 Å². The molecule has 1 amide bonds. The zero-order valence-electron chi connectivity index (χ0n) is 16.7. The summed E-state index contributed by atoms with van der Waals surface area (Å²) in [4.78, 5) is 21.6. The molecule has 8 nitrogen and oxygen atoms in total. The van der Waals surface area contributed by atoms with Crippen molar-refractivity contribution < 1.29 is 9.32 Å². The van der Waals surface area contributed by atoms with Crippen LogP contribution in [0.5, 0.6) is 0 Å². The molecule has 0 aliphatic rings. The van der Waals surface area contributed by atoms with Crippen LogP contribution >= 0.6 is 0 Å². The van der Waals surface area contributed by atoms with Gasteiger partial charge in [0.25, 0.3) is 5.91 Å². The molecule has 0 unspecified atom stereocenters. The van der Waals surface area contributed by atoms with Crippen LogP contribution in [-0.2, 0) is 13.6 Å². The second-order valence-corrected chi connectivity index (χ2v) is 7.05. The van der Waals surface area contributed by atoms with Gasteiger partial charge in [0.15, 0.2) is 5.76 Å². The second kappa shape index (κ2) is 7.83. The summed E-state index contributed by atoms with van der Waals surface area (Å²) in [6.45, 7) is 0.240. The Hall–Kier alpha value is -4.33. The van der Waals surface area contributed by atoms with Gasteiger partial charge in [0.1, 0.15) is 5.52 Å². The minimum absolute atomic E-state index is 0.218. The number of nitrogens with one attached hydrogen (secondary N) is 1. The Labute approximate surface area is 177 Å². The summed E-state index contributed by atoms with van der Waals surface area (Å²) in [7, 11) is 1.84. The summed E-state index contributed by atoms with van der Waals surface area (Å²) in [6, 6.07) is 15.0. The van der Waals surface area contributed by atoms with Crippen molar-refractivity contribution in [2.45, 2.75) is 6.54 Å². The van der Waals surface area contributed by atoms with Crippen molar-refractivity contribution in [3.63, 3.8) is 0 Å². The molecule has 3 heterocycles. The molecule has 5 aromatic rings. The smallest absolute Gasteiger partial charge is 0.251 e. The van der Waals surface area contributed by atoms with Gasteiger partial charge in [-0.1, -0.05) is 35.5 Å². The standard InChI is InChI=1S/C23H18N6O2/c1-29-14-17(12-27-29)21-20(24-9-10-25-21)13-26-23(30)16-7-8-19-18(11-16)22(31-28-19)15-5-3-2-4-6-15/h2-12,14H,13H2,1H3,(H,26,30). The fourth-order valence-electron chi connectivity index (χ4n) is 3.43. The van der Waals surface area contributed by atoms with Crippen molar-refractivity contribution in [3.8, 4) is 22.6 Å². The third-order valence-electron chi connectivity index (χ3n) is 4.94. The number of carbonyl (C=O) groups is 1. The Kier molecular flexibility index (Phi) is 4.72. The molecule has 31 heavy (non-hydrogen) atoms. The number of nitrogens with zero attached hydrogens (tertiary/aromatic N) is 5. The number of carbonyl (C=O) groups excluding carboxylic acids is 1. The first kappa shape index (κ1) is 18.7. The molecule has 8 heteroatoms. The lowest BCUT2D eigenvalue weighted by molar-refractivity contribution is 0.0950. The normalized spacial score (nSPS) is 11.0. The molecule has 0 saturated carbocycles. The van der Waals surface area contributed by atoms with Gasteiger partial charge >= 0.3 is 0 Å². The van der Waals surface area contributed by atoms with E-state index in [2.05, 4.69) is 25.5 Å². The number of amides is 1. The van der Waals surface area contributed by atoms with Crippen molar-refractivity contribution in [3.05, 3.63) is 84.6 Å². The molecule has 0 atom stereocenters. The summed E-state index contributed by atoms with van der Waals surface area (Å²) in [5.41, 5.74) is 4.32. The summed E-state index contributed by atoms with van der Waals surface area (Å²) in [5.74, 6) is 0.419. The van der Waals surface area contributed by atoms with E-state index in [9.17, 15) is 4.79 Å². The van der Waals surface area contributed by atoms with Crippen LogP contribution in [0.1, 0.15) is 16.1 Å². The first-order valence-corrected chi connectivity index (χ1v) is 9.71. The maximum atomic E-state index is 12.9. The van der Waals surface area contributed by atoms with E-state index in [-0.39, 0.29) is 12.5 Å². The largest absolute Gasteiger partial charge is 0.355 e. The molecule has 0 radical (unpaired) electrons. The third kappa shape index (κ3) is 3.66. The highest BCUT2D eigenvalue weighted by Crippen LogP contribution is 2.29. The number of aromatic nitrogens is 5. The van der Waals surface area contributed by atoms with Gasteiger partial charge in [-0.2, -0.15) is 5.10 Å². The Morgan fingerprint density at radius 1 is 1.06 bits per heavy atom. The van der Waals surface area contributed by atoms with Crippen molar-refractivity contribution in [2.75, 3.05) is 0 Å². The van der Waals surface area contributed by atoms with Crippen LogP contribution in [0.4, 0.5) is 0 Å². The van der Waals surface area contributed by atoms with E-state index in [1.54, 1.807) is 41.5 Å². The molecule has 3 aromatic heterocycles. The number of rotatable bonds is 5. The first-order chi connectivity index (χ1) is 15.2. The monoisotopic (exact) mass is 410 g/mol. The van der Waals surface area contributed by atoms with Crippen LogP contribution < -0.4 is 5.32 Å². The molecule has 0 bridgehead atoms. The molecule has 0 fully saturated rings. The van der Waals surface area contributed by atoms with Gasteiger partial charge in [0.05, 0.1) is 29.5 Å². The zero-order chi connectivity index (χ0) is 21.2. The number of hydrogen-bond acceptors (Lipinski definition) is 6. The Morgan fingerprint density at radius 3 is 2.71 bits per heavy atom. The third-order valence-corrected chi connectivity index (χ3v) is 4.94. The van der Waals surface area contributed by atoms with Crippen molar-refractivity contribution in [1.29, 1.82) is 0 Å². The molecule has 0 aliphatic heterocycles. The Bertz CT molecular complexity index is 1370. The van der Waals surface area contributed by atoms with Crippen LogP contribution in [0.2, 0.25) is 0 Å². The van der Waals surface area contributed by atoms with Gasteiger partial charge in [-0.15, -0.1) is 0 Å². The number of aryl methyl sites for hydroxylation is 1. The Morgan fingerprint density at radius 2 is 1.90 bits per heavy atom. The average Bonchev–Trinajstić information content (AvgIpc) is 3.44. The zero-order valence-corrected chi connectivity index (χ0v) is 16.7. The molecule has 0 spiro atoms. The molecular formula is C23H18N6O2. The minimum Gasteiger partial charge on any atom is -0.355 e. The average molecular weight is 410 g/mol. The predicted molar refractivity (Wildman–Crippen MR) is 115 cm³/mol. The fourth-order valence-corrected chi connectivity index (χ4v) is 3.43. The summed E-state index contributed by atoms with van der Waals surface area (Å²) >= 11 is 0. The lowest BCUT2D eigenvalue weighted by Gasteiger charge is -2.08. The Balaban J connectivity index is 1.39. The highest BCUT2D eigenvalue weighted by Gasteiger charge is 2.15. The molecule has 1 N–H and O–H groups in total. The summed E-state index contributed by atoms with van der Waals surface area (Å²) in [5, 5.41) is 12.0. The van der Waals surface area contributed by atoms with E-state index >= 15 is 0 Å². The van der Waals surface area contributed by atoms with Crippen LogP contribution in [0.15, 0.2) is 77.8 Å². The molecule has 5 rings (SSSR count). The van der Waals surface area contributed by atoms with E-state index in [0.29, 0.717) is 28.2 Å². The lowest BCUT2D eigenvalue weighted by Crippen LogP contribution is -2.23. The van der Waals surface area contributed by atoms with Gasteiger partial charge in [-0.25, -0.2) is 0 Å². The topological polar surface area (TPSA) is 98.7 Å². The first-order valence-electron chi connectivity index (χ1n) is 9.71. The van der Waals surface area contributed by atoms with Crippen LogP contribution in [0.3, 0.4) is 0 Å². The van der Waals surface area contributed by atoms with Gasteiger partial charge < -0.3 is 9.84 Å². The predicted octanol–water partition coefficient (Wildman–Crippen LogP) is 3.62. The van der Waals surface area contributed by atoms with E-state index in [1.807, 2.05) is 43.6 Å². The maximum absolute atomic E-state index is 12.9. The summed E-state index contributed by atoms with van der Waals surface area (Å²) in [6.07, 6.45) is 6.82. The van der Waals surface area contributed by atoms with Crippen LogP contribution in [0.25, 0.3) is 33.5 Å². The van der Waals surface area contributed by atoms with E-state index in [1.165, 1.54) is 0 Å². The highest BCUT2D eigenvalue weighted by molar-refractivity contribution is 6.01. The van der Waals surface area contributed by atoms with Gasteiger partial charge in [-0.3, -0.25) is 19.4 Å².